The topological polar surface area (TPSA) is 23.8 Å². The van der Waals surface area contributed by atoms with Crippen LogP contribution in [0.25, 0.3) is 0 Å². The first-order valence-electron chi connectivity index (χ1n) is 4.17. The van der Waals surface area contributed by atoms with Gasteiger partial charge in [-0.1, -0.05) is 20.3 Å². The fraction of sp³-hybridized carbons (Fsp3) is 0.889. The van der Waals surface area contributed by atoms with Crippen LogP contribution in [0.4, 0.5) is 0 Å². The molecule has 3 unspecified atom stereocenters. The summed E-state index contributed by atoms with van der Waals surface area (Å²) in [6, 6.07) is 2.38. The standard InChI is InChI=1S/C9H15N/c1-3-8-4-7(2)9(5-8)6-10/h7-9H,3-5H2,1-2H3. The fourth-order valence-electron chi connectivity index (χ4n) is 1.89. The molecule has 56 valence electrons. The molecule has 0 saturated heterocycles. The Morgan fingerprint density at radius 1 is 1.50 bits per heavy atom. The van der Waals surface area contributed by atoms with Crippen molar-refractivity contribution in [3.63, 3.8) is 0 Å². The van der Waals surface area contributed by atoms with Gasteiger partial charge in [0.1, 0.15) is 0 Å². The van der Waals surface area contributed by atoms with Gasteiger partial charge < -0.3 is 0 Å². The van der Waals surface area contributed by atoms with Gasteiger partial charge in [0.25, 0.3) is 0 Å². The Bertz CT molecular complexity index is 145. The van der Waals surface area contributed by atoms with Crippen LogP contribution in [0.1, 0.15) is 33.1 Å². The molecule has 0 amide bonds. The molecular weight excluding hydrogens is 122 g/mol. The minimum atomic E-state index is 0.352. The average molecular weight is 137 g/mol. The lowest BCUT2D eigenvalue weighted by Crippen LogP contribution is -1.98. The van der Waals surface area contributed by atoms with E-state index in [0.29, 0.717) is 11.8 Å². The van der Waals surface area contributed by atoms with Crippen LogP contribution in [-0.2, 0) is 0 Å². The third kappa shape index (κ3) is 1.31. The summed E-state index contributed by atoms with van der Waals surface area (Å²) in [6.45, 7) is 4.42. The molecule has 0 aromatic rings. The lowest BCUT2D eigenvalue weighted by molar-refractivity contribution is 0.496. The Hall–Kier alpha value is -0.510. The Morgan fingerprint density at radius 2 is 2.20 bits per heavy atom. The Labute approximate surface area is 63.0 Å². The van der Waals surface area contributed by atoms with Crippen LogP contribution in [0.2, 0.25) is 0 Å². The van der Waals surface area contributed by atoms with Gasteiger partial charge >= 0.3 is 0 Å². The second kappa shape index (κ2) is 3.05. The first kappa shape index (κ1) is 7.60. The van der Waals surface area contributed by atoms with Gasteiger partial charge in [0, 0.05) is 5.92 Å². The van der Waals surface area contributed by atoms with Crippen LogP contribution in [0.3, 0.4) is 0 Å². The van der Waals surface area contributed by atoms with E-state index in [1.807, 2.05) is 0 Å². The summed E-state index contributed by atoms with van der Waals surface area (Å²) in [5, 5.41) is 8.70. The van der Waals surface area contributed by atoms with E-state index in [2.05, 4.69) is 19.9 Å². The predicted octanol–water partition coefficient (Wildman–Crippen LogP) is 2.58. The SMILES string of the molecule is CCC1CC(C)C(C#N)C1. The molecule has 1 aliphatic carbocycles. The molecule has 0 aromatic carbocycles. The molecule has 1 fully saturated rings. The molecule has 10 heavy (non-hydrogen) atoms. The normalized spacial score (nSPS) is 39.5. The highest BCUT2D eigenvalue weighted by Gasteiger charge is 2.29. The third-order valence-electron chi connectivity index (χ3n) is 2.72. The van der Waals surface area contributed by atoms with Gasteiger partial charge in [0.2, 0.25) is 0 Å². The molecule has 0 aliphatic heterocycles. The van der Waals surface area contributed by atoms with Crippen LogP contribution >= 0.6 is 0 Å². The van der Waals surface area contributed by atoms with Gasteiger partial charge in [0.05, 0.1) is 6.07 Å². The van der Waals surface area contributed by atoms with E-state index in [9.17, 15) is 0 Å². The number of rotatable bonds is 1. The van der Waals surface area contributed by atoms with E-state index in [1.165, 1.54) is 12.8 Å². The van der Waals surface area contributed by atoms with E-state index in [0.717, 1.165) is 12.3 Å². The van der Waals surface area contributed by atoms with Gasteiger partial charge in [-0.25, -0.2) is 0 Å². The molecule has 0 spiro atoms. The van der Waals surface area contributed by atoms with Gasteiger partial charge in [-0.3, -0.25) is 0 Å². The van der Waals surface area contributed by atoms with E-state index in [4.69, 9.17) is 5.26 Å². The number of hydrogen-bond donors (Lipinski definition) is 0. The molecule has 0 bridgehead atoms. The third-order valence-corrected chi connectivity index (χ3v) is 2.72. The predicted molar refractivity (Wildman–Crippen MR) is 41.3 cm³/mol. The number of nitrogens with zero attached hydrogens (tertiary/aromatic N) is 1. The zero-order chi connectivity index (χ0) is 7.56. The zero-order valence-corrected chi connectivity index (χ0v) is 6.80. The second-order valence-corrected chi connectivity index (χ2v) is 3.46. The van der Waals surface area contributed by atoms with Crippen LogP contribution < -0.4 is 0 Å². The van der Waals surface area contributed by atoms with Crippen molar-refractivity contribution in [2.75, 3.05) is 0 Å². The monoisotopic (exact) mass is 137 g/mol. The van der Waals surface area contributed by atoms with Crippen molar-refractivity contribution in [2.45, 2.75) is 33.1 Å². The highest BCUT2D eigenvalue weighted by molar-refractivity contribution is 4.93. The quantitative estimate of drug-likeness (QED) is 0.545. The largest absolute Gasteiger partial charge is 0.198 e. The summed E-state index contributed by atoms with van der Waals surface area (Å²) >= 11 is 0. The van der Waals surface area contributed by atoms with Gasteiger partial charge in [-0.2, -0.15) is 5.26 Å². The molecule has 0 N–H and O–H groups in total. The highest BCUT2D eigenvalue weighted by atomic mass is 14.4. The Kier molecular flexibility index (Phi) is 2.32. The molecular formula is C9H15N. The highest BCUT2D eigenvalue weighted by Crippen LogP contribution is 2.36. The van der Waals surface area contributed by atoms with Crippen molar-refractivity contribution in [3.05, 3.63) is 0 Å². The van der Waals surface area contributed by atoms with E-state index < -0.39 is 0 Å². The Balaban J connectivity index is 2.46. The minimum absolute atomic E-state index is 0.352. The summed E-state index contributed by atoms with van der Waals surface area (Å²) in [6.07, 6.45) is 3.67. The van der Waals surface area contributed by atoms with E-state index >= 15 is 0 Å². The Morgan fingerprint density at radius 3 is 2.50 bits per heavy atom. The zero-order valence-electron chi connectivity index (χ0n) is 6.80. The summed E-state index contributed by atoms with van der Waals surface area (Å²) in [5.41, 5.74) is 0. The summed E-state index contributed by atoms with van der Waals surface area (Å²) in [4.78, 5) is 0. The van der Waals surface area contributed by atoms with E-state index in [-0.39, 0.29) is 0 Å². The minimum Gasteiger partial charge on any atom is -0.198 e. The smallest absolute Gasteiger partial charge is 0.0658 e. The lowest BCUT2D eigenvalue weighted by atomic mass is 10.0. The molecule has 3 atom stereocenters. The molecule has 1 nitrogen and oxygen atoms in total. The van der Waals surface area contributed by atoms with Crippen molar-refractivity contribution < 1.29 is 0 Å². The molecule has 0 heterocycles. The average Bonchev–Trinajstić information content (AvgIpc) is 2.30. The molecule has 1 rings (SSSR count). The molecule has 0 radical (unpaired) electrons. The van der Waals surface area contributed by atoms with Crippen LogP contribution in [-0.4, -0.2) is 0 Å². The first-order valence-corrected chi connectivity index (χ1v) is 4.17. The maximum Gasteiger partial charge on any atom is 0.0658 e. The van der Waals surface area contributed by atoms with Crippen LogP contribution in [0.15, 0.2) is 0 Å². The van der Waals surface area contributed by atoms with Crippen molar-refractivity contribution in [1.29, 1.82) is 5.26 Å². The van der Waals surface area contributed by atoms with Crippen LogP contribution in [0, 0.1) is 29.1 Å². The number of hydrogen-bond acceptors (Lipinski definition) is 1. The van der Waals surface area contributed by atoms with Crippen molar-refractivity contribution in [1.82, 2.24) is 0 Å². The molecule has 1 aliphatic rings. The number of nitriles is 1. The van der Waals surface area contributed by atoms with Gasteiger partial charge in [-0.15, -0.1) is 0 Å². The van der Waals surface area contributed by atoms with Crippen molar-refractivity contribution >= 4 is 0 Å². The second-order valence-electron chi connectivity index (χ2n) is 3.46. The summed E-state index contributed by atoms with van der Waals surface area (Å²) in [7, 11) is 0. The molecule has 1 heteroatoms. The van der Waals surface area contributed by atoms with Crippen LogP contribution in [0.5, 0.6) is 0 Å². The fourth-order valence-corrected chi connectivity index (χ4v) is 1.89. The maximum atomic E-state index is 8.70. The molecule has 1 saturated carbocycles. The lowest BCUT2D eigenvalue weighted by Gasteiger charge is -2.02. The van der Waals surface area contributed by atoms with Gasteiger partial charge in [0.15, 0.2) is 0 Å². The van der Waals surface area contributed by atoms with Gasteiger partial charge in [-0.05, 0) is 24.7 Å². The first-order chi connectivity index (χ1) is 4.77. The van der Waals surface area contributed by atoms with Crippen molar-refractivity contribution in [2.24, 2.45) is 17.8 Å². The maximum absolute atomic E-state index is 8.70. The van der Waals surface area contributed by atoms with E-state index in [1.54, 1.807) is 0 Å². The summed E-state index contributed by atoms with van der Waals surface area (Å²) < 4.78 is 0. The molecule has 0 aromatic heterocycles. The summed E-state index contributed by atoms with van der Waals surface area (Å²) in [5.74, 6) is 1.83. The van der Waals surface area contributed by atoms with Crippen molar-refractivity contribution in [3.8, 4) is 6.07 Å².